The highest BCUT2D eigenvalue weighted by molar-refractivity contribution is 5.41. The van der Waals surface area contributed by atoms with Gasteiger partial charge in [0.25, 0.3) is 5.69 Å². The van der Waals surface area contributed by atoms with Gasteiger partial charge in [-0.1, -0.05) is 0 Å². The lowest BCUT2D eigenvalue weighted by Gasteiger charge is -2.00. The van der Waals surface area contributed by atoms with E-state index in [-0.39, 0.29) is 18.7 Å². The van der Waals surface area contributed by atoms with E-state index in [2.05, 4.69) is 10.4 Å². The number of nitro groups is 1. The highest BCUT2D eigenvalue weighted by atomic mass is 19.1. The minimum Gasteiger partial charge on any atom is -0.258 e. The van der Waals surface area contributed by atoms with E-state index in [4.69, 9.17) is 0 Å². The fraction of sp³-hybridized carbons (Fsp3) is 0.300. The lowest BCUT2D eigenvalue weighted by atomic mass is 10.3. The molecule has 1 aromatic heterocycles. The van der Waals surface area contributed by atoms with Crippen molar-refractivity contribution in [3.8, 4) is 5.69 Å². The summed E-state index contributed by atoms with van der Waals surface area (Å²) in [6, 6.07) is 2.79. The third-order valence-corrected chi connectivity index (χ3v) is 2.51. The number of rotatable bonds is 5. The van der Waals surface area contributed by atoms with Crippen molar-refractivity contribution in [2.75, 3.05) is 6.67 Å². The maximum absolute atomic E-state index is 13.7. The Labute approximate surface area is 110 Å². The van der Waals surface area contributed by atoms with Crippen molar-refractivity contribution in [1.82, 2.24) is 19.8 Å². The molecule has 1 aromatic carbocycles. The molecule has 8 nitrogen and oxygen atoms in total. The van der Waals surface area contributed by atoms with Crippen LogP contribution in [0, 0.1) is 15.9 Å². The number of aryl methyl sites for hydroxylation is 1. The largest absolute Gasteiger partial charge is 0.368 e. The highest BCUT2D eigenvalue weighted by Crippen LogP contribution is 2.17. The molecule has 0 radical (unpaired) electrons. The normalized spacial score (nSPS) is 10.7. The van der Waals surface area contributed by atoms with Gasteiger partial charge in [-0.3, -0.25) is 14.5 Å². The summed E-state index contributed by atoms with van der Waals surface area (Å²) in [6.45, 7) is -0.602. The van der Waals surface area contributed by atoms with Gasteiger partial charge in [-0.25, -0.2) is 9.18 Å². The Hall–Kier alpha value is -2.65. The van der Waals surface area contributed by atoms with Crippen molar-refractivity contribution in [3.63, 3.8) is 0 Å². The summed E-state index contributed by atoms with van der Waals surface area (Å²) in [5.41, 5.74) is -1.44. The van der Waals surface area contributed by atoms with Crippen molar-refractivity contribution in [2.24, 2.45) is 0 Å². The number of hydrogen-bond donors (Lipinski definition) is 0. The van der Waals surface area contributed by atoms with Crippen LogP contribution in [0.15, 0.2) is 23.0 Å². The Balaban J connectivity index is 2.40. The average Bonchev–Trinajstić information content (AvgIpc) is 2.77. The molecule has 0 saturated carbocycles. The van der Waals surface area contributed by atoms with Gasteiger partial charge in [0.15, 0.2) is 5.82 Å². The molecule has 1 heterocycles. The maximum atomic E-state index is 13.7. The summed E-state index contributed by atoms with van der Waals surface area (Å²) < 4.78 is 27.3. The van der Waals surface area contributed by atoms with Crippen LogP contribution in [0.25, 0.3) is 5.69 Å². The smallest absolute Gasteiger partial charge is 0.258 e. The van der Waals surface area contributed by atoms with E-state index >= 15 is 0 Å². The number of halogens is 2. The first-order chi connectivity index (χ1) is 9.54. The Morgan fingerprint density at radius 3 is 2.70 bits per heavy atom. The number of nitro benzene ring substituents is 1. The van der Waals surface area contributed by atoms with Gasteiger partial charge in [-0.15, -0.1) is 0 Å². The Kier molecular flexibility index (Phi) is 3.82. The van der Waals surface area contributed by atoms with E-state index in [0.29, 0.717) is 10.7 Å². The molecule has 0 unspecified atom stereocenters. The molecule has 106 valence electrons. The average molecular weight is 285 g/mol. The minimum absolute atomic E-state index is 0.0178. The second-order valence-corrected chi connectivity index (χ2v) is 3.83. The predicted octanol–water partition coefficient (Wildman–Crippen LogP) is 0.836. The van der Waals surface area contributed by atoms with Crippen LogP contribution in [0.4, 0.5) is 14.5 Å². The number of tetrazole rings is 1. The van der Waals surface area contributed by atoms with E-state index in [1.54, 1.807) is 0 Å². The first-order valence-electron chi connectivity index (χ1n) is 5.57. The summed E-state index contributed by atoms with van der Waals surface area (Å²) in [5.74, 6) is -0.973. The van der Waals surface area contributed by atoms with Crippen LogP contribution in [0.2, 0.25) is 0 Å². The molecule has 0 saturated heterocycles. The SMILES string of the molecule is O=c1n(CCCF)nnn1-c1ccc([N+](=O)[O-])cc1F. The van der Waals surface area contributed by atoms with Crippen molar-refractivity contribution in [2.45, 2.75) is 13.0 Å². The van der Waals surface area contributed by atoms with Crippen LogP contribution in [-0.2, 0) is 6.54 Å². The van der Waals surface area contributed by atoms with Gasteiger partial charge in [-0.05, 0) is 22.9 Å². The number of aromatic nitrogens is 4. The monoisotopic (exact) mass is 285 g/mol. The van der Waals surface area contributed by atoms with Gasteiger partial charge < -0.3 is 0 Å². The zero-order valence-electron chi connectivity index (χ0n) is 10.1. The molecule has 2 aromatic rings. The highest BCUT2D eigenvalue weighted by Gasteiger charge is 2.16. The van der Waals surface area contributed by atoms with Gasteiger partial charge in [0.05, 0.1) is 24.2 Å². The van der Waals surface area contributed by atoms with Gasteiger partial charge in [0.2, 0.25) is 0 Å². The quantitative estimate of drug-likeness (QED) is 0.599. The molecule has 0 amide bonds. The number of non-ortho nitro benzene ring substituents is 1. The maximum Gasteiger partial charge on any atom is 0.368 e. The summed E-state index contributed by atoms with van der Waals surface area (Å²) in [6.07, 6.45) is 0.0847. The molecule has 0 aliphatic carbocycles. The molecule has 0 atom stereocenters. The number of nitrogens with zero attached hydrogens (tertiary/aromatic N) is 5. The molecule has 0 fully saturated rings. The minimum atomic E-state index is -0.973. The van der Waals surface area contributed by atoms with Crippen LogP contribution in [0.1, 0.15) is 6.42 Å². The third kappa shape index (κ3) is 2.53. The van der Waals surface area contributed by atoms with Gasteiger partial charge in [-0.2, -0.15) is 9.36 Å². The van der Waals surface area contributed by atoms with Gasteiger partial charge >= 0.3 is 5.69 Å². The Morgan fingerprint density at radius 1 is 1.35 bits per heavy atom. The summed E-state index contributed by atoms with van der Waals surface area (Å²) in [5, 5.41) is 17.4. The summed E-state index contributed by atoms with van der Waals surface area (Å²) in [4.78, 5) is 21.6. The molecule has 0 N–H and O–H groups in total. The second kappa shape index (κ2) is 5.55. The molecule has 20 heavy (non-hydrogen) atoms. The van der Waals surface area contributed by atoms with E-state index < -0.39 is 28.8 Å². The van der Waals surface area contributed by atoms with Crippen LogP contribution in [-0.4, -0.2) is 31.4 Å². The molecule has 0 aliphatic heterocycles. The lowest BCUT2D eigenvalue weighted by molar-refractivity contribution is -0.385. The van der Waals surface area contributed by atoms with Gasteiger partial charge in [0.1, 0.15) is 5.69 Å². The van der Waals surface area contributed by atoms with Crippen molar-refractivity contribution < 1.29 is 13.7 Å². The van der Waals surface area contributed by atoms with Crippen molar-refractivity contribution >= 4 is 5.69 Å². The standard InChI is InChI=1S/C10H9F2N5O3/c11-4-1-5-15-10(18)16(14-13-15)9-3-2-7(17(19)20)6-8(9)12/h2-3,6H,1,4-5H2. The first kappa shape index (κ1) is 13.8. The van der Waals surface area contributed by atoms with Crippen molar-refractivity contribution in [3.05, 3.63) is 44.6 Å². The van der Waals surface area contributed by atoms with Gasteiger partial charge in [0, 0.05) is 6.07 Å². The first-order valence-corrected chi connectivity index (χ1v) is 5.57. The summed E-state index contributed by atoms with van der Waals surface area (Å²) >= 11 is 0. The lowest BCUT2D eigenvalue weighted by Crippen LogP contribution is -2.25. The van der Waals surface area contributed by atoms with Crippen LogP contribution < -0.4 is 5.69 Å². The Morgan fingerprint density at radius 2 is 2.10 bits per heavy atom. The van der Waals surface area contributed by atoms with E-state index in [1.807, 2.05) is 0 Å². The fourth-order valence-corrected chi connectivity index (χ4v) is 1.56. The molecule has 0 aliphatic rings. The number of benzene rings is 1. The molecule has 0 bridgehead atoms. The molecular formula is C10H9F2N5O3. The molecule has 2 rings (SSSR count). The molecule has 10 heteroatoms. The van der Waals surface area contributed by atoms with E-state index in [9.17, 15) is 23.7 Å². The Bertz CT molecular complexity index is 696. The molecule has 0 spiro atoms. The van der Waals surface area contributed by atoms with Crippen LogP contribution in [0.5, 0.6) is 0 Å². The summed E-state index contributed by atoms with van der Waals surface area (Å²) in [7, 11) is 0. The van der Waals surface area contributed by atoms with E-state index in [0.717, 1.165) is 16.8 Å². The topological polar surface area (TPSA) is 95.8 Å². The van der Waals surface area contributed by atoms with Crippen LogP contribution in [0.3, 0.4) is 0 Å². The van der Waals surface area contributed by atoms with Crippen molar-refractivity contribution in [1.29, 1.82) is 0 Å². The number of alkyl halides is 1. The predicted molar refractivity (Wildman–Crippen MR) is 62.8 cm³/mol. The fourth-order valence-electron chi connectivity index (χ4n) is 1.56. The zero-order chi connectivity index (χ0) is 14.7. The number of hydrogen-bond acceptors (Lipinski definition) is 5. The third-order valence-electron chi connectivity index (χ3n) is 2.51. The zero-order valence-corrected chi connectivity index (χ0v) is 10.1. The van der Waals surface area contributed by atoms with Crippen LogP contribution >= 0.6 is 0 Å². The second-order valence-electron chi connectivity index (χ2n) is 3.83. The van der Waals surface area contributed by atoms with E-state index in [1.165, 1.54) is 0 Å². The molecular weight excluding hydrogens is 276 g/mol.